The van der Waals surface area contributed by atoms with E-state index in [1.54, 1.807) is 19.1 Å². The molecule has 0 N–H and O–H groups in total. The van der Waals surface area contributed by atoms with Gasteiger partial charge in [-0.2, -0.15) is 0 Å². The third-order valence-electron chi connectivity index (χ3n) is 3.81. The van der Waals surface area contributed by atoms with Gasteiger partial charge in [0.05, 0.1) is 12.8 Å². The highest BCUT2D eigenvalue weighted by molar-refractivity contribution is 9.10. The van der Waals surface area contributed by atoms with Crippen molar-refractivity contribution in [3.05, 3.63) is 64.4 Å². The first-order valence-corrected chi connectivity index (χ1v) is 9.79. The number of imidazole rings is 1. The van der Waals surface area contributed by atoms with Crippen molar-refractivity contribution in [2.45, 2.75) is 18.7 Å². The second kappa shape index (κ2) is 6.65. The number of aryl methyl sites for hydroxylation is 2. The zero-order valence-electron chi connectivity index (χ0n) is 14.0. The van der Waals surface area contributed by atoms with Crippen LogP contribution in [0.2, 0.25) is 0 Å². The Morgan fingerprint density at radius 2 is 1.80 bits per heavy atom. The molecular weight excluding hydrogens is 404 g/mol. The molecule has 0 spiro atoms. The van der Waals surface area contributed by atoms with E-state index < -0.39 is 10.0 Å². The molecule has 5 nitrogen and oxygen atoms in total. The summed E-state index contributed by atoms with van der Waals surface area (Å²) in [5, 5.41) is 0. The molecule has 2 aromatic carbocycles. The summed E-state index contributed by atoms with van der Waals surface area (Å²) in [5.41, 5.74) is 2.23. The van der Waals surface area contributed by atoms with Gasteiger partial charge < -0.3 is 4.74 Å². The van der Waals surface area contributed by atoms with Gasteiger partial charge >= 0.3 is 0 Å². The van der Waals surface area contributed by atoms with E-state index in [1.807, 2.05) is 37.3 Å². The average Bonchev–Trinajstić information content (AvgIpc) is 3.00. The van der Waals surface area contributed by atoms with Crippen LogP contribution >= 0.6 is 15.9 Å². The van der Waals surface area contributed by atoms with E-state index in [4.69, 9.17) is 4.74 Å². The van der Waals surface area contributed by atoms with Gasteiger partial charge in [-0.25, -0.2) is 17.4 Å². The Bertz CT molecular complexity index is 1030. The minimum Gasteiger partial charge on any atom is -0.495 e. The number of rotatable bonds is 4. The number of aromatic nitrogens is 2. The van der Waals surface area contributed by atoms with E-state index in [9.17, 15) is 8.42 Å². The molecule has 3 aromatic rings. The van der Waals surface area contributed by atoms with Crippen LogP contribution in [0.1, 0.15) is 11.3 Å². The minimum absolute atomic E-state index is 0.0852. The second-order valence-electron chi connectivity index (χ2n) is 5.63. The van der Waals surface area contributed by atoms with Crippen molar-refractivity contribution in [1.82, 2.24) is 8.96 Å². The Morgan fingerprint density at radius 3 is 2.44 bits per heavy atom. The van der Waals surface area contributed by atoms with Crippen LogP contribution in [0.25, 0.3) is 11.4 Å². The fraction of sp³-hybridized carbons (Fsp3) is 0.167. The summed E-state index contributed by atoms with van der Waals surface area (Å²) in [6.07, 6.45) is 1.52. The van der Waals surface area contributed by atoms with Gasteiger partial charge in [0, 0.05) is 16.2 Å². The maximum atomic E-state index is 13.3. The monoisotopic (exact) mass is 420 g/mol. The van der Waals surface area contributed by atoms with E-state index >= 15 is 0 Å². The topological polar surface area (TPSA) is 61.2 Å². The van der Waals surface area contributed by atoms with Crippen LogP contribution in [-0.2, 0) is 10.0 Å². The highest BCUT2D eigenvalue weighted by Gasteiger charge is 2.26. The Hall–Kier alpha value is -2.12. The molecule has 0 saturated carbocycles. The standard InChI is InChI=1S/C18H17BrN2O3S/c1-12-9-16(24-3)17(10-15(12)19)25(22,23)21-11-13(2)20-18(21)14-7-5-4-6-8-14/h4-11H,1-3H3. The Labute approximate surface area is 155 Å². The van der Waals surface area contributed by atoms with E-state index in [0.717, 1.165) is 11.1 Å². The van der Waals surface area contributed by atoms with Gasteiger partial charge in [0.1, 0.15) is 10.6 Å². The summed E-state index contributed by atoms with van der Waals surface area (Å²) < 4.78 is 33.8. The maximum Gasteiger partial charge on any atom is 0.273 e. The van der Waals surface area contributed by atoms with Crippen LogP contribution in [0.5, 0.6) is 5.75 Å². The number of nitrogens with zero attached hydrogens (tertiary/aromatic N) is 2. The SMILES string of the molecule is COc1cc(C)c(Br)cc1S(=O)(=O)n1cc(C)nc1-c1ccccc1. The molecular formula is C18H17BrN2O3S. The lowest BCUT2D eigenvalue weighted by atomic mass is 10.2. The first-order chi connectivity index (χ1) is 11.8. The smallest absolute Gasteiger partial charge is 0.273 e. The molecule has 130 valence electrons. The molecule has 0 unspecified atom stereocenters. The minimum atomic E-state index is -3.88. The second-order valence-corrected chi connectivity index (χ2v) is 8.26. The van der Waals surface area contributed by atoms with Gasteiger partial charge in [0.25, 0.3) is 10.0 Å². The number of hydrogen-bond acceptors (Lipinski definition) is 4. The van der Waals surface area contributed by atoms with Crippen molar-refractivity contribution in [1.29, 1.82) is 0 Å². The highest BCUT2D eigenvalue weighted by Crippen LogP contribution is 2.33. The van der Waals surface area contributed by atoms with E-state index in [-0.39, 0.29) is 4.90 Å². The van der Waals surface area contributed by atoms with Crippen LogP contribution in [0.3, 0.4) is 0 Å². The van der Waals surface area contributed by atoms with Crippen LogP contribution < -0.4 is 4.74 Å². The van der Waals surface area contributed by atoms with E-state index in [2.05, 4.69) is 20.9 Å². The highest BCUT2D eigenvalue weighted by atomic mass is 79.9. The molecule has 0 radical (unpaired) electrons. The van der Waals surface area contributed by atoms with Gasteiger partial charge in [-0.15, -0.1) is 0 Å². The molecule has 0 aliphatic carbocycles. The average molecular weight is 421 g/mol. The van der Waals surface area contributed by atoms with Crippen LogP contribution in [0, 0.1) is 13.8 Å². The Morgan fingerprint density at radius 1 is 1.12 bits per heavy atom. The molecule has 1 heterocycles. The molecule has 1 aromatic heterocycles. The van der Waals surface area contributed by atoms with Crippen molar-refractivity contribution in [3.8, 4) is 17.1 Å². The zero-order valence-corrected chi connectivity index (χ0v) is 16.4. The van der Waals surface area contributed by atoms with Crippen molar-refractivity contribution in [3.63, 3.8) is 0 Å². The van der Waals surface area contributed by atoms with Crippen LogP contribution in [0.4, 0.5) is 0 Å². The summed E-state index contributed by atoms with van der Waals surface area (Å²) in [4.78, 5) is 4.48. The number of ether oxygens (including phenoxy) is 1. The van der Waals surface area contributed by atoms with Gasteiger partial charge in [-0.1, -0.05) is 46.3 Å². The van der Waals surface area contributed by atoms with Crippen LogP contribution in [-0.4, -0.2) is 24.5 Å². The van der Waals surface area contributed by atoms with Crippen molar-refractivity contribution in [2.75, 3.05) is 7.11 Å². The van der Waals surface area contributed by atoms with Crippen molar-refractivity contribution in [2.24, 2.45) is 0 Å². The third-order valence-corrected chi connectivity index (χ3v) is 6.33. The predicted octanol–water partition coefficient (Wildman–Crippen LogP) is 4.18. The van der Waals surface area contributed by atoms with Crippen LogP contribution in [0.15, 0.2) is 58.0 Å². The number of methoxy groups -OCH3 is 1. The molecule has 0 aliphatic rings. The van der Waals surface area contributed by atoms with E-state index in [1.165, 1.54) is 17.3 Å². The van der Waals surface area contributed by atoms with Crippen molar-refractivity contribution < 1.29 is 13.2 Å². The molecule has 3 rings (SSSR count). The lowest BCUT2D eigenvalue weighted by Crippen LogP contribution is -2.15. The first kappa shape index (κ1) is 17.7. The van der Waals surface area contributed by atoms with Gasteiger partial charge in [0.15, 0.2) is 5.82 Å². The molecule has 0 fully saturated rings. The maximum absolute atomic E-state index is 13.3. The summed E-state index contributed by atoms with van der Waals surface area (Å²) in [6.45, 7) is 3.64. The Kier molecular flexibility index (Phi) is 4.71. The fourth-order valence-electron chi connectivity index (χ4n) is 2.54. The van der Waals surface area contributed by atoms with Gasteiger partial charge in [-0.3, -0.25) is 0 Å². The molecule has 0 amide bonds. The van der Waals surface area contributed by atoms with E-state index in [0.29, 0.717) is 21.7 Å². The number of hydrogen-bond donors (Lipinski definition) is 0. The summed E-state index contributed by atoms with van der Waals surface area (Å²) in [5.74, 6) is 0.669. The lowest BCUT2D eigenvalue weighted by Gasteiger charge is -2.14. The Balaban J connectivity index is 2.26. The van der Waals surface area contributed by atoms with Crippen molar-refractivity contribution >= 4 is 26.0 Å². The molecule has 0 aliphatic heterocycles. The lowest BCUT2D eigenvalue weighted by molar-refractivity contribution is 0.402. The zero-order chi connectivity index (χ0) is 18.2. The molecule has 25 heavy (non-hydrogen) atoms. The van der Waals surface area contributed by atoms with Gasteiger partial charge in [-0.05, 0) is 31.5 Å². The molecule has 7 heteroatoms. The molecule has 0 atom stereocenters. The first-order valence-electron chi connectivity index (χ1n) is 7.55. The summed E-state index contributed by atoms with van der Waals surface area (Å²) in [7, 11) is -2.42. The quantitative estimate of drug-likeness (QED) is 0.634. The fourth-order valence-corrected chi connectivity index (χ4v) is 4.58. The number of halogens is 1. The third kappa shape index (κ3) is 3.21. The predicted molar refractivity (Wildman–Crippen MR) is 100 cm³/mol. The normalized spacial score (nSPS) is 11.5. The van der Waals surface area contributed by atoms with Gasteiger partial charge in [0.2, 0.25) is 0 Å². The summed E-state index contributed by atoms with van der Waals surface area (Å²) >= 11 is 3.40. The largest absolute Gasteiger partial charge is 0.495 e. The molecule has 0 bridgehead atoms. The summed E-state index contributed by atoms with van der Waals surface area (Å²) in [6, 6.07) is 12.5. The number of benzene rings is 2. The molecule has 0 saturated heterocycles.